The molecule has 1 aliphatic rings. The molecule has 2 N–H and O–H groups in total. The van der Waals surface area contributed by atoms with Crippen molar-refractivity contribution in [1.82, 2.24) is 0 Å². The van der Waals surface area contributed by atoms with Gasteiger partial charge >= 0.3 is 5.97 Å². The molecule has 1 atom stereocenters. The lowest BCUT2D eigenvalue weighted by Crippen LogP contribution is -2.31. The van der Waals surface area contributed by atoms with E-state index in [-0.39, 0.29) is 5.97 Å². The zero-order valence-electron chi connectivity index (χ0n) is 7.87. The third kappa shape index (κ3) is 4.08. The van der Waals surface area contributed by atoms with E-state index in [1.807, 2.05) is 0 Å². The SMILES string of the molecule is C=CCC(N)C(=O)OCCC1CC1. The van der Waals surface area contributed by atoms with Crippen LogP contribution in [-0.4, -0.2) is 18.6 Å². The average Bonchev–Trinajstić information content (AvgIpc) is 2.88. The molecule has 0 amide bonds. The quantitative estimate of drug-likeness (QED) is 0.498. The van der Waals surface area contributed by atoms with Gasteiger partial charge in [0, 0.05) is 0 Å². The Balaban J connectivity index is 2.04. The lowest BCUT2D eigenvalue weighted by atomic mass is 10.2. The topological polar surface area (TPSA) is 52.3 Å². The van der Waals surface area contributed by atoms with Crippen LogP contribution in [0.1, 0.15) is 25.7 Å². The van der Waals surface area contributed by atoms with Crippen LogP contribution in [0, 0.1) is 5.92 Å². The fourth-order valence-corrected chi connectivity index (χ4v) is 1.12. The van der Waals surface area contributed by atoms with Crippen molar-refractivity contribution in [2.75, 3.05) is 6.61 Å². The number of ether oxygens (including phenoxy) is 1. The summed E-state index contributed by atoms with van der Waals surface area (Å²) in [6, 6.07) is -0.531. The minimum Gasteiger partial charge on any atom is -0.465 e. The summed E-state index contributed by atoms with van der Waals surface area (Å²) in [5.74, 6) is 0.490. The van der Waals surface area contributed by atoms with Gasteiger partial charge in [-0.1, -0.05) is 18.9 Å². The number of carbonyl (C=O) groups is 1. The predicted molar refractivity (Wildman–Crippen MR) is 51.1 cm³/mol. The van der Waals surface area contributed by atoms with Crippen molar-refractivity contribution in [2.45, 2.75) is 31.7 Å². The van der Waals surface area contributed by atoms with Gasteiger partial charge in [0.25, 0.3) is 0 Å². The highest BCUT2D eigenvalue weighted by atomic mass is 16.5. The molecule has 74 valence electrons. The Hall–Kier alpha value is -0.830. The standard InChI is InChI=1S/C10H17NO2/c1-2-3-9(11)10(12)13-7-6-8-4-5-8/h2,8-9H,1,3-7,11H2. The number of esters is 1. The first-order chi connectivity index (χ1) is 6.24. The summed E-state index contributed by atoms with van der Waals surface area (Å²) in [4.78, 5) is 11.1. The number of nitrogens with two attached hydrogens (primary N) is 1. The molecule has 0 spiro atoms. The summed E-state index contributed by atoms with van der Waals surface area (Å²) in [6.07, 6.45) is 5.69. The van der Waals surface area contributed by atoms with Crippen molar-refractivity contribution in [2.24, 2.45) is 11.7 Å². The van der Waals surface area contributed by atoms with E-state index in [4.69, 9.17) is 10.5 Å². The summed E-state index contributed by atoms with van der Waals surface area (Å²) in [5, 5.41) is 0. The van der Waals surface area contributed by atoms with Gasteiger partial charge in [-0.25, -0.2) is 0 Å². The van der Waals surface area contributed by atoms with Crippen LogP contribution < -0.4 is 5.73 Å². The molecule has 0 aromatic carbocycles. The second-order valence-electron chi connectivity index (χ2n) is 3.53. The summed E-state index contributed by atoms with van der Waals surface area (Å²) in [6.45, 7) is 4.04. The Bertz CT molecular complexity index is 187. The number of rotatable bonds is 6. The molecule has 0 aromatic rings. The Labute approximate surface area is 78.9 Å². The second kappa shape index (κ2) is 5.02. The van der Waals surface area contributed by atoms with Gasteiger partial charge in [-0.3, -0.25) is 4.79 Å². The van der Waals surface area contributed by atoms with E-state index in [1.54, 1.807) is 6.08 Å². The molecule has 1 unspecified atom stereocenters. The van der Waals surface area contributed by atoms with Crippen molar-refractivity contribution >= 4 is 5.97 Å². The predicted octanol–water partition coefficient (Wildman–Crippen LogP) is 1.23. The Morgan fingerprint density at radius 3 is 2.92 bits per heavy atom. The van der Waals surface area contributed by atoms with Crippen LogP contribution in [0.15, 0.2) is 12.7 Å². The smallest absolute Gasteiger partial charge is 0.323 e. The van der Waals surface area contributed by atoms with E-state index in [0.29, 0.717) is 13.0 Å². The first-order valence-electron chi connectivity index (χ1n) is 4.77. The molecule has 1 aliphatic carbocycles. The van der Waals surface area contributed by atoms with E-state index in [2.05, 4.69) is 6.58 Å². The van der Waals surface area contributed by atoms with Gasteiger partial charge in [-0.15, -0.1) is 6.58 Å². The van der Waals surface area contributed by atoms with Gasteiger partial charge in [-0.05, 0) is 18.8 Å². The Morgan fingerprint density at radius 2 is 2.38 bits per heavy atom. The maximum atomic E-state index is 11.1. The molecule has 0 radical (unpaired) electrons. The van der Waals surface area contributed by atoms with Gasteiger partial charge in [0.05, 0.1) is 6.61 Å². The molecule has 0 aromatic heterocycles. The lowest BCUT2D eigenvalue weighted by Gasteiger charge is -2.08. The van der Waals surface area contributed by atoms with Crippen LogP contribution in [0.2, 0.25) is 0 Å². The third-order valence-electron chi connectivity index (χ3n) is 2.19. The Morgan fingerprint density at radius 1 is 1.69 bits per heavy atom. The molecule has 1 rings (SSSR count). The largest absolute Gasteiger partial charge is 0.465 e. The fourth-order valence-electron chi connectivity index (χ4n) is 1.12. The van der Waals surface area contributed by atoms with Gasteiger partial charge in [0.1, 0.15) is 6.04 Å². The molecule has 0 bridgehead atoms. The maximum absolute atomic E-state index is 11.1. The highest BCUT2D eigenvalue weighted by Gasteiger charge is 2.21. The van der Waals surface area contributed by atoms with Crippen molar-refractivity contribution in [3.63, 3.8) is 0 Å². The molecule has 1 saturated carbocycles. The first-order valence-corrected chi connectivity index (χ1v) is 4.77. The molecule has 13 heavy (non-hydrogen) atoms. The fraction of sp³-hybridized carbons (Fsp3) is 0.700. The minimum absolute atomic E-state index is 0.305. The van der Waals surface area contributed by atoms with Crippen molar-refractivity contribution in [1.29, 1.82) is 0 Å². The number of carbonyl (C=O) groups excluding carboxylic acids is 1. The van der Waals surface area contributed by atoms with Crippen LogP contribution in [0.3, 0.4) is 0 Å². The number of hydrogen-bond donors (Lipinski definition) is 1. The molecular formula is C10H17NO2. The zero-order valence-corrected chi connectivity index (χ0v) is 7.87. The van der Waals surface area contributed by atoms with Crippen LogP contribution >= 0.6 is 0 Å². The normalized spacial score (nSPS) is 17.9. The molecule has 0 heterocycles. The van der Waals surface area contributed by atoms with Gasteiger partial charge in [0.2, 0.25) is 0 Å². The molecular weight excluding hydrogens is 166 g/mol. The van der Waals surface area contributed by atoms with Crippen molar-refractivity contribution in [3.8, 4) is 0 Å². The highest BCUT2D eigenvalue weighted by Crippen LogP contribution is 2.32. The van der Waals surface area contributed by atoms with Crippen LogP contribution in [0.25, 0.3) is 0 Å². The molecule has 0 saturated heterocycles. The van der Waals surface area contributed by atoms with E-state index in [9.17, 15) is 4.79 Å². The van der Waals surface area contributed by atoms with Gasteiger partial charge in [0.15, 0.2) is 0 Å². The number of hydrogen-bond acceptors (Lipinski definition) is 3. The highest BCUT2D eigenvalue weighted by molar-refractivity contribution is 5.75. The molecule has 1 fully saturated rings. The van der Waals surface area contributed by atoms with Crippen LogP contribution in [0.5, 0.6) is 0 Å². The van der Waals surface area contributed by atoms with Gasteiger partial charge < -0.3 is 10.5 Å². The molecule has 3 heteroatoms. The molecule has 0 aliphatic heterocycles. The average molecular weight is 183 g/mol. The van der Waals surface area contributed by atoms with E-state index in [1.165, 1.54) is 12.8 Å². The van der Waals surface area contributed by atoms with E-state index < -0.39 is 6.04 Å². The Kier molecular flexibility index (Phi) is 3.96. The lowest BCUT2D eigenvalue weighted by molar-refractivity contribution is -0.145. The summed E-state index contributed by atoms with van der Waals surface area (Å²) in [5.41, 5.74) is 5.51. The van der Waals surface area contributed by atoms with Crippen LogP contribution in [0.4, 0.5) is 0 Å². The van der Waals surface area contributed by atoms with Crippen LogP contribution in [-0.2, 0) is 9.53 Å². The first kappa shape index (κ1) is 10.3. The zero-order chi connectivity index (χ0) is 9.68. The summed E-state index contributed by atoms with van der Waals surface area (Å²) >= 11 is 0. The van der Waals surface area contributed by atoms with E-state index >= 15 is 0 Å². The molecule has 3 nitrogen and oxygen atoms in total. The minimum atomic E-state index is -0.531. The third-order valence-corrected chi connectivity index (χ3v) is 2.19. The maximum Gasteiger partial charge on any atom is 0.323 e. The summed E-state index contributed by atoms with van der Waals surface area (Å²) < 4.78 is 5.00. The van der Waals surface area contributed by atoms with E-state index in [0.717, 1.165) is 12.3 Å². The second-order valence-corrected chi connectivity index (χ2v) is 3.53. The monoisotopic (exact) mass is 183 g/mol. The van der Waals surface area contributed by atoms with Gasteiger partial charge in [-0.2, -0.15) is 0 Å². The van der Waals surface area contributed by atoms with Crippen molar-refractivity contribution in [3.05, 3.63) is 12.7 Å². The van der Waals surface area contributed by atoms with Crippen molar-refractivity contribution < 1.29 is 9.53 Å². The summed E-state index contributed by atoms with van der Waals surface area (Å²) in [7, 11) is 0.